The number of amides is 1. The predicted molar refractivity (Wildman–Crippen MR) is 84.7 cm³/mol. The molecular formula is C17H20N2O2. The summed E-state index contributed by atoms with van der Waals surface area (Å²) in [6.45, 7) is 7.72. The second kappa shape index (κ2) is 5.95. The lowest BCUT2D eigenvalue weighted by Crippen LogP contribution is -2.28. The fourth-order valence-electron chi connectivity index (χ4n) is 2.49. The lowest BCUT2D eigenvalue weighted by atomic mass is 10.1. The number of pyridine rings is 1. The average Bonchev–Trinajstić information content (AvgIpc) is 2.39. The maximum Gasteiger partial charge on any atom is 0.253 e. The van der Waals surface area contributed by atoms with E-state index in [9.17, 15) is 9.59 Å². The number of carbonyl (C=O) groups is 1. The van der Waals surface area contributed by atoms with Crippen molar-refractivity contribution in [2.45, 2.75) is 34.2 Å². The van der Waals surface area contributed by atoms with Gasteiger partial charge in [-0.25, -0.2) is 0 Å². The van der Waals surface area contributed by atoms with Crippen LogP contribution in [0.25, 0.3) is 0 Å². The molecule has 1 heterocycles. The molecule has 21 heavy (non-hydrogen) atoms. The van der Waals surface area contributed by atoms with Gasteiger partial charge in [0.05, 0.1) is 0 Å². The third-order valence-electron chi connectivity index (χ3n) is 3.47. The average molecular weight is 284 g/mol. The Morgan fingerprint density at radius 2 is 1.71 bits per heavy atom. The number of aromatic nitrogens is 1. The molecule has 4 nitrogen and oxygen atoms in total. The summed E-state index contributed by atoms with van der Waals surface area (Å²) in [4.78, 5) is 24.1. The van der Waals surface area contributed by atoms with Crippen LogP contribution >= 0.6 is 0 Å². The highest BCUT2D eigenvalue weighted by Gasteiger charge is 2.10. The molecule has 0 aliphatic rings. The van der Waals surface area contributed by atoms with Crippen LogP contribution in [0.2, 0.25) is 0 Å². The van der Waals surface area contributed by atoms with Gasteiger partial charge in [0.1, 0.15) is 6.54 Å². The van der Waals surface area contributed by atoms with Gasteiger partial charge in [0.25, 0.3) is 5.56 Å². The van der Waals surface area contributed by atoms with E-state index < -0.39 is 0 Å². The summed E-state index contributed by atoms with van der Waals surface area (Å²) >= 11 is 0. The molecule has 0 saturated carbocycles. The fraction of sp³-hybridized carbons (Fsp3) is 0.294. The fourth-order valence-corrected chi connectivity index (χ4v) is 2.49. The Labute approximate surface area is 124 Å². The van der Waals surface area contributed by atoms with Crippen molar-refractivity contribution < 1.29 is 4.79 Å². The zero-order valence-electron chi connectivity index (χ0n) is 12.9. The minimum absolute atomic E-state index is 0.0211. The lowest BCUT2D eigenvalue weighted by Gasteiger charge is -2.13. The Balaban J connectivity index is 2.20. The van der Waals surface area contributed by atoms with Gasteiger partial charge in [-0.2, -0.15) is 0 Å². The molecule has 1 amide bonds. The topological polar surface area (TPSA) is 51.1 Å². The lowest BCUT2D eigenvalue weighted by molar-refractivity contribution is -0.116. The van der Waals surface area contributed by atoms with Crippen molar-refractivity contribution in [2.75, 3.05) is 5.32 Å². The molecule has 0 bridgehead atoms. The number of nitrogens with zero attached hydrogens (tertiary/aromatic N) is 1. The highest BCUT2D eigenvalue weighted by Crippen LogP contribution is 2.21. The maximum absolute atomic E-state index is 12.2. The first kappa shape index (κ1) is 15.0. The monoisotopic (exact) mass is 284 g/mol. The molecule has 2 rings (SSSR count). The molecule has 0 saturated heterocycles. The Hall–Kier alpha value is -2.36. The molecule has 0 radical (unpaired) electrons. The molecule has 1 aromatic heterocycles. The maximum atomic E-state index is 12.2. The van der Waals surface area contributed by atoms with Gasteiger partial charge < -0.3 is 9.88 Å². The third kappa shape index (κ3) is 3.40. The van der Waals surface area contributed by atoms with Gasteiger partial charge >= 0.3 is 0 Å². The van der Waals surface area contributed by atoms with Crippen LogP contribution in [0.5, 0.6) is 0 Å². The molecular weight excluding hydrogens is 264 g/mol. The van der Waals surface area contributed by atoms with E-state index in [0.717, 1.165) is 22.4 Å². The molecule has 0 atom stereocenters. The van der Waals surface area contributed by atoms with Crippen LogP contribution in [-0.2, 0) is 11.3 Å². The Bertz CT molecular complexity index is 722. The molecule has 2 aromatic rings. The molecule has 4 heteroatoms. The van der Waals surface area contributed by atoms with Gasteiger partial charge in [-0.3, -0.25) is 9.59 Å². The van der Waals surface area contributed by atoms with E-state index in [-0.39, 0.29) is 18.0 Å². The zero-order chi connectivity index (χ0) is 15.6. The SMILES string of the molecule is Cc1cc(C)c(NC(=O)Cn2cccc(C)c2=O)c(C)c1. The molecule has 0 fully saturated rings. The number of anilines is 1. The van der Waals surface area contributed by atoms with E-state index in [1.807, 2.05) is 32.9 Å². The van der Waals surface area contributed by atoms with Gasteiger partial charge in [0, 0.05) is 17.4 Å². The summed E-state index contributed by atoms with van der Waals surface area (Å²) in [6.07, 6.45) is 1.63. The van der Waals surface area contributed by atoms with Crippen molar-refractivity contribution >= 4 is 11.6 Å². The normalized spacial score (nSPS) is 10.5. The minimum Gasteiger partial charge on any atom is -0.324 e. The summed E-state index contributed by atoms with van der Waals surface area (Å²) in [7, 11) is 0. The highest BCUT2D eigenvalue weighted by molar-refractivity contribution is 5.92. The number of benzene rings is 1. The number of carbonyl (C=O) groups excluding carboxylic acids is 1. The smallest absolute Gasteiger partial charge is 0.253 e. The van der Waals surface area contributed by atoms with Crippen LogP contribution in [0.1, 0.15) is 22.3 Å². The van der Waals surface area contributed by atoms with Crippen molar-refractivity contribution in [3.8, 4) is 0 Å². The van der Waals surface area contributed by atoms with Crippen LogP contribution in [0.3, 0.4) is 0 Å². The van der Waals surface area contributed by atoms with Gasteiger partial charge in [-0.1, -0.05) is 23.8 Å². The van der Waals surface area contributed by atoms with Crippen molar-refractivity contribution in [3.63, 3.8) is 0 Å². The Morgan fingerprint density at radius 3 is 2.33 bits per heavy atom. The number of nitrogens with one attached hydrogen (secondary N) is 1. The summed E-state index contributed by atoms with van der Waals surface area (Å²) < 4.78 is 1.42. The van der Waals surface area contributed by atoms with Crippen molar-refractivity contribution in [2.24, 2.45) is 0 Å². The van der Waals surface area contributed by atoms with E-state index in [1.165, 1.54) is 4.57 Å². The molecule has 1 N–H and O–H groups in total. The van der Waals surface area contributed by atoms with Crippen molar-refractivity contribution in [1.82, 2.24) is 4.57 Å². The highest BCUT2D eigenvalue weighted by atomic mass is 16.2. The standard InChI is InChI=1S/C17H20N2O2/c1-11-8-13(3)16(14(4)9-11)18-15(20)10-19-7-5-6-12(2)17(19)21/h5-9H,10H2,1-4H3,(H,18,20). The molecule has 1 aromatic carbocycles. The zero-order valence-corrected chi connectivity index (χ0v) is 12.9. The van der Waals surface area contributed by atoms with Crippen LogP contribution < -0.4 is 10.9 Å². The van der Waals surface area contributed by atoms with Crippen LogP contribution in [0, 0.1) is 27.7 Å². The number of hydrogen-bond donors (Lipinski definition) is 1. The summed E-state index contributed by atoms with van der Waals surface area (Å²) in [6, 6.07) is 7.57. The van der Waals surface area contributed by atoms with Crippen LogP contribution in [0.15, 0.2) is 35.3 Å². The summed E-state index contributed by atoms with van der Waals surface area (Å²) in [5.41, 5.74) is 4.54. The number of rotatable bonds is 3. The molecule has 110 valence electrons. The molecule has 0 aliphatic carbocycles. The van der Waals surface area contributed by atoms with E-state index >= 15 is 0 Å². The van der Waals surface area contributed by atoms with E-state index in [2.05, 4.69) is 5.32 Å². The first-order valence-corrected chi connectivity index (χ1v) is 6.92. The summed E-state index contributed by atoms with van der Waals surface area (Å²) in [5.74, 6) is -0.197. The molecule has 0 spiro atoms. The van der Waals surface area contributed by atoms with E-state index in [4.69, 9.17) is 0 Å². The third-order valence-corrected chi connectivity index (χ3v) is 3.47. The van der Waals surface area contributed by atoms with Gasteiger partial charge in [-0.15, -0.1) is 0 Å². The summed E-state index contributed by atoms with van der Waals surface area (Å²) in [5, 5.41) is 2.90. The van der Waals surface area contributed by atoms with Crippen LogP contribution in [-0.4, -0.2) is 10.5 Å². The van der Waals surface area contributed by atoms with Gasteiger partial charge in [-0.05, 0) is 44.9 Å². The number of aryl methyl sites for hydroxylation is 4. The molecule has 0 aliphatic heterocycles. The minimum atomic E-state index is -0.197. The van der Waals surface area contributed by atoms with E-state index in [0.29, 0.717) is 5.56 Å². The van der Waals surface area contributed by atoms with Crippen molar-refractivity contribution in [3.05, 3.63) is 63.1 Å². The first-order chi connectivity index (χ1) is 9.88. The first-order valence-electron chi connectivity index (χ1n) is 6.92. The van der Waals surface area contributed by atoms with Crippen molar-refractivity contribution in [1.29, 1.82) is 0 Å². The molecule has 0 unspecified atom stereocenters. The Morgan fingerprint density at radius 1 is 1.10 bits per heavy atom. The largest absolute Gasteiger partial charge is 0.324 e. The number of hydrogen-bond acceptors (Lipinski definition) is 2. The quantitative estimate of drug-likeness (QED) is 0.942. The predicted octanol–water partition coefficient (Wildman–Crippen LogP) is 2.72. The van der Waals surface area contributed by atoms with E-state index in [1.54, 1.807) is 25.3 Å². The second-order valence-corrected chi connectivity index (χ2v) is 5.45. The Kier molecular flexibility index (Phi) is 4.26. The van der Waals surface area contributed by atoms with Gasteiger partial charge in [0.15, 0.2) is 0 Å². The van der Waals surface area contributed by atoms with Gasteiger partial charge in [0.2, 0.25) is 5.91 Å². The second-order valence-electron chi connectivity index (χ2n) is 5.45. The van der Waals surface area contributed by atoms with Crippen LogP contribution in [0.4, 0.5) is 5.69 Å².